The van der Waals surface area contributed by atoms with Gasteiger partial charge in [-0.3, -0.25) is 4.90 Å². The van der Waals surface area contributed by atoms with Crippen LogP contribution in [0, 0.1) is 0 Å². The fourth-order valence-corrected chi connectivity index (χ4v) is 3.29. The Morgan fingerprint density at radius 3 is 3.00 bits per heavy atom. The molecule has 1 unspecified atom stereocenters. The van der Waals surface area contributed by atoms with Crippen molar-refractivity contribution in [2.45, 2.75) is 51.7 Å². The van der Waals surface area contributed by atoms with Crippen LogP contribution in [0.5, 0.6) is 0 Å². The van der Waals surface area contributed by atoms with Crippen molar-refractivity contribution in [3.63, 3.8) is 0 Å². The zero-order valence-corrected chi connectivity index (χ0v) is 12.4. The number of likely N-dealkylation sites (tertiary alicyclic amines) is 1. The highest BCUT2D eigenvalue weighted by Gasteiger charge is 2.28. The van der Waals surface area contributed by atoms with Gasteiger partial charge < -0.3 is 10.1 Å². The molecular weight excluding hydrogens is 248 g/mol. The SMILES string of the molecule is CC(C)N1CCCCC1c1ncc2cc(CN)ccn12. The number of pyridine rings is 1. The molecule has 108 valence electrons. The molecule has 0 amide bonds. The molecule has 0 aliphatic carbocycles. The van der Waals surface area contributed by atoms with Crippen LogP contribution in [0.3, 0.4) is 0 Å². The summed E-state index contributed by atoms with van der Waals surface area (Å²) in [4.78, 5) is 7.29. The van der Waals surface area contributed by atoms with E-state index in [1.165, 1.54) is 31.6 Å². The average Bonchev–Trinajstić information content (AvgIpc) is 2.89. The number of nitrogens with two attached hydrogens (primary N) is 1. The Morgan fingerprint density at radius 2 is 2.25 bits per heavy atom. The minimum absolute atomic E-state index is 0.440. The summed E-state index contributed by atoms with van der Waals surface area (Å²) in [6, 6.07) is 5.24. The number of hydrogen-bond donors (Lipinski definition) is 1. The molecule has 0 spiro atoms. The highest BCUT2D eigenvalue weighted by Crippen LogP contribution is 2.32. The predicted molar refractivity (Wildman–Crippen MR) is 81.5 cm³/mol. The van der Waals surface area contributed by atoms with E-state index in [0.717, 1.165) is 11.1 Å². The molecule has 0 bridgehead atoms. The lowest BCUT2D eigenvalue weighted by Gasteiger charge is -2.37. The summed E-state index contributed by atoms with van der Waals surface area (Å²) in [5, 5.41) is 0. The molecule has 2 N–H and O–H groups in total. The number of fused-ring (bicyclic) bond motifs is 1. The summed E-state index contributed by atoms with van der Waals surface area (Å²) >= 11 is 0. The van der Waals surface area contributed by atoms with Crippen LogP contribution in [-0.4, -0.2) is 26.9 Å². The first-order valence-electron chi connectivity index (χ1n) is 7.62. The van der Waals surface area contributed by atoms with E-state index in [-0.39, 0.29) is 0 Å². The molecule has 4 heteroatoms. The zero-order chi connectivity index (χ0) is 14.1. The van der Waals surface area contributed by atoms with Crippen LogP contribution < -0.4 is 5.73 Å². The van der Waals surface area contributed by atoms with E-state index in [4.69, 9.17) is 10.7 Å². The number of aromatic nitrogens is 2. The molecule has 2 aromatic rings. The minimum atomic E-state index is 0.440. The Hall–Kier alpha value is -1.39. The van der Waals surface area contributed by atoms with E-state index in [2.05, 4.69) is 41.5 Å². The largest absolute Gasteiger partial charge is 0.326 e. The summed E-state index contributed by atoms with van der Waals surface area (Å²) < 4.78 is 2.23. The summed E-state index contributed by atoms with van der Waals surface area (Å²) in [6.07, 6.45) is 7.89. The summed E-state index contributed by atoms with van der Waals surface area (Å²) in [5.41, 5.74) is 8.03. The minimum Gasteiger partial charge on any atom is -0.326 e. The molecule has 0 radical (unpaired) electrons. The Kier molecular flexibility index (Phi) is 3.76. The lowest BCUT2D eigenvalue weighted by molar-refractivity contribution is 0.106. The quantitative estimate of drug-likeness (QED) is 0.934. The molecule has 2 aromatic heterocycles. The fraction of sp³-hybridized carbons (Fsp3) is 0.562. The third-order valence-corrected chi connectivity index (χ3v) is 4.37. The standard InChI is InChI=1S/C16H24N4/c1-12(2)19-7-4-3-5-15(19)16-18-11-14-9-13(10-17)6-8-20(14)16/h6,8-9,11-12,15H,3-5,7,10,17H2,1-2H3. The van der Waals surface area contributed by atoms with Gasteiger partial charge in [-0.2, -0.15) is 0 Å². The summed E-state index contributed by atoms with van der Waals surface area (Å²) in [7, 11) is 0. The molecule has 4 nitrogen and oxygen atoms in total. The van der Waals surface area contributed by atoms with Gasteiger partial charge in [0.2, 0.25) is 0 Å². The van der Waals surface area contributed by atoms with Crippen molar-refractivity contribution in [1.29, 1.82) is 0 Å². The lowest BCUT2D eigenvalue weighted by Crippen LogP contribution is -2.39. The van der Waals surface area contributed by atoms with Crippen molar-refractivity contribution >= 4 is 5.52 Å². The molecule has 3 heterocycles. The van der Waals surface area contributed by atoms with Gasteiger partial charge >= 0.3 is 0 Å². The molecule has 1 atom stereocenters. The smallest absolute Gasteiger partial charge is 0.130 e. The van der Waals surface area contributed by atoms with Crippen LogP contribution in [0.25, 0.3) is 5.52 Å². The third-order valence-electron chi connectivity index (χ3n) is 4.37. The third kappa shape index (κ3) is 2.34. The van der Waals surface area contributed by atoms with E-state index in [0.29, 0.717) is 18.6 Å². The average molecular weight is 272 g/mol. The molecule has 20 heavy (non-hydrogen) atoms. The molecule has 1 saturated heterocycles. The molecular formula is C16H24N4. The second-order valence-corrected chi connectivity index (χ2v) is 5.99. The Labute approximate surface area is 120 Å². The number of hydrogen-bond acceptors (Lipinski definition) is 3. The number of rotatable bonds is 3. The molecule has 1 aliphatic rings. The van der Waals surface area contributed by atoms with Crippen molar-refractivity contribution in [3.8, 4) is 0 Å². The van der Waals surface area contributed by atoms with Crippen LogP contribution in [0.15, 0.2) is 24.5 Å². The fourth-order valence-electron chi connectivity index (χ4n) is 3.29. The van der Waals surface area contributed by atoms with Crippen LogP contribution in [0.2, 0.25) is 0 Å². The number of piperidine rings is 1. The highest BCUT2D eigenvalue weighted by atomic mass is 15.2. The molecule has 0 aromatic carbocycles. The van der Waals surface area contributed by atoms with Gasteiger partial charge in [-0.25, -0.2) is 4.98 Å². The maximum atomic E-state index is 5.71. The van der Waals surface area contributed by atoms with Gasteiger partial charge in [0.05, 0.1) is 17.8 Å². The van der Waals surface area contributed by atoms with Crippen molar-refractivity contribution < 1.29 is 0 Å². The maximum absolute atomic E-state index is 5.71. The molecule has 1 fully saturated rings. The first-order chi connectivity index (χ1) is 9.70. The van der Waals surface area contributed by atoms with Gasteiger partial charge in [0.25, 0.3) is 0 Å². The van der Waals surface area contributed by atoms with E-state index >= 15 is 0 Å². The van der Waals surface area contributed by atoms with Gasteiger partial charge in [0.15, 0.2) is 0 Å². The summed E-state index contributed by atoms with van der Waals surface area (Å²) in [6.45, 7) is 6.32. The van der Waals surface area contributed by atoms with Crippen molar-refractivity contribution in [2.24, 2.45) is 5.73 Å². The topological polar surface area (TPSA) is 46.6 Å². The van der Waals surface area contributed by atoms with Gasteiger partial charge in [0.1, 0.15) is 5.82 Å². The predicted octanol–water partition coefficient (Wildman–Crippen LogP) is 2.73. The first kappa shape index (κ1) is 13.6. The summed E-state index contributed by atoms with van der Waals surface area (Å²) in [5.74, 6) is 1.18. The normalized spacial score (nSPS) is 20.9. The van der Waals surface area contributed by atoms with Gasteiger partial charge in [0, 0.05) is 18.8 Å². The van der Waals surface area contributed by atoms with Crippen molar-refractivity contribution in [2.75, 3.05) is 6.54 Å². The number of imidazole rings is 1. The van der Waals surface area contributed by atoms with E-state index in [1.54, 1.807) is 0 Å². The van der Waals surface area contributed by atoms with Crippen molar-refractivity contribution in [1.82, 2.24) is 14.3 Å². The van der Waals surface area contributed by atoms with Crippen molar-refractivity contribution in [3.05, 3.63) is 35.9 Å². The van der Waals surface area contributed by atoms with Crippen LogP contribution in [-0.2, 0) is 6.54 Å². The highest BCUT2D eigenvalue weighted by molar-refractivity contribution is 5.48. The Morgan fingerprint density at radius 1 is 1.40 bits per heavy atom. The van der Waals surface area contributed by atoms with Crippen LogP contribution >= 0.6 is 0 Å². The van der Waals surface area contributed by atoms with E-state index in [1.807, 2.05) is 6.20 Å². The van der Waals surface area contributed by atoms with E-state index in [9.17, 15) is 0 Å². The van der Waals surface area contributed by atoms with Gasteiger partial charge in [-0.1, -0.05) is 6.42 Å². The van der Waals surface area contributed by atoms with Crippen LogP contribution in [0.4, 0.5) is 0 Å². The first-order valence-corrected chi connectivity index (χ1v) is 7.62. The maximum Gasteiger partial charge on any atom is 0.130 e. The second kappa shape index (κ2) is 5.54. The van der Waals surface area contributed by atoms with Gasteiger partial charge in [-0.05, 0) is 50.9 Å². The Balaban J connectivity index is 2.00. The van der Waals surface area contributed by atoms with Crippen LogP contribution in [0.1, 0.15) is 50.5 Å². The molecule has 1 aliphatic heterocycles. The zero-order valence-electron chi connectivity index (χ0n) is 12.4. The van der Waals surface area contributed by atoms with E-state index < -0.39 is 0 Å². The molecule has 3 rings (SSSR count). The Bertz CT molecular complexity index is 587. The lowest BCUT2D eigenvalue weighted by atomic mass is 10.00. The van der Waals surface area contributed by atoms with Gasteiger partial charge in [-0.15, -0.1) is 0 Å². The molecule has 0 saturated carbocycles. The second-order valence-electron chi connectivity index (χ2n) is 5.99. The number of nitrogens with zero attached hydrogens (tertiary/aromatic N) is 3. The monoisotopic (exact) mass is 272 g/mol.